The Kier molecular flexibility index (Phi) is 5.59. The van der Waals surface area contributed by atoms with Crippen LogP contribution in [0.2, 0.25) is 0 Å². The summed E-state index contributed by atoms with van der Waals surface area (Å²) in [6.45, 7) is 11.8. The fourth-order valence-corrected chi connectivity index (χ4v) is 2.72. The van der Waals surface area contributed by atoms with E-state index in [2.05, 4.69) is 48.5 Å². The summed E-state index contributed by atoms with van der Waals surface area (Å²) in [6, 6.07) is 6.76. The van der Waals surface area contributed by atoms with Crippen LogP contribution in [0.3, 0.4) is 0 Å². The van der Waals surface area contributed by atoms with Crippen molar-refractivity contribution in [2.75, 3.05) is 20.3 Å². The first-order valence-corrected chi connectivity index (χ1v) is 7.58. The van der Waals surface area contributed by atoms with Gasteiger partial charge in [-0.05, 0) is 43.5 Å². The molecule has 3 nitrogen and oxygen atoms in total. The molecule has 0 spiro atoms. The molecular formula is C18H26N2O. The van der Waals surface area contributed by atoms with Crippen LogP contribution in [-0.2, 0) is 17.8 Å². The number of aryl methyl sites for hydroxylation is 2. The van der Waals surface area contributed by atoms with Crippen molar-refractivity contribution in [3.63, 3.8) is 0 Å². The molecule has 0 amide bonds. The second kappa shape index (κ2) is 7.43. The number of hydrogen-bond acceptors (Lipinski definition) is 2. The third-order valence-electron chi connectivity index (χ3n) is 4.07. The molecule has 2 rings (SSSR count). The topological polar surface area (TPSA) is 26.2 Å². The van der Waals surface area contributed by atoms with E-state index in [4.69, 9.17) is 4.74 Å². The van der Waals surface area contributed by atoms with Gasteiger partial charge in [0.15, 0.2) is 0 Å². The molecule has 0 aliphatic rings. The molecular weight excluding hydrogens is 260 g/mol. The van der Waals surface area contributed by atoms with Gasteiger partial charge in [0, 0.05) is 43.3 Å². The van der Waals surface area contributed by atoms with Gasteiger partial charge in [0.25, 0.3) is 0 Å². The number of methoxy groups -OCH3 is 1. The number of rotatable bonds is 8. The number of ether oxygens (including phenoxy) is 1. The standard InChI is InChI=1S/C18H26N2O/c1-5-6-10-20-15(3)14(2)17-12-16(7-8-18(17)20)13-19-9-11-21-4/h5,7-8,12,19H,1,6,9-11,13H2,2-4H3. The fourth-order valence-electron chi connectivity index (χ4n) is 2.72. The van der Waals surface area contributed by atoms with Crippen molar-refractivity contribution in [1.29, 1.82) is 0 Å². The van der Waals surface area contributed by atoms with Gasteiger partial charge in [0.05, 0.1) is 6.61 Å². The third kappa shape index (κ3) is 3.55. The van der Waals surface area contributed by atoms with Crippen molar-refractivity contribution in [2.24, 2.45) is 0 Å². The summed E-state index contributed by atoms with van der Waals surface area (Å²) in [5, 5.41) is 4.76. The van der Waals surface area contributed by atoms with Gasteiger partial charge in [-0.1, -0.05) is 12.1 Å². The Bertz CT molecular complexity index is 613. The van der Waals surface area contributed by atoms with E-state index in [0.717, 1.165) is 32.7 Å². The smallest absolute Gasteiger partial charge is 0.0587 e. The highest BCUT2D eigenvalue weighted by Gasteiger charge is 2.10. The van der Waals surface area contributed by atoms with Crippen LogP contribution in [0.25, 0.3) is 10.9 Å². The maximum absolute atomic E-state index is 5.05. The van der Waals surface area contributed by atoms with Crippen molar-refractivity contribution < 1.29 is 4.74 Å². The molecule has 3 heteroatoms. The van der Waals surface area contributed by atoms with E-state index in [0.29, 0.717) is 0 Å². The second-order valence-corrected chi connectivity index (χ2v) is 5.46. The lowest BCUT2D eigenvalue weighted by Gasteiger charge is -2.07. The van der Waals surface area contributed by atoms with Crippen molar-refractivity contribution in [3.05, 3.63) is 47.7 Å². The number of allylic oxidation sites excluding steroid dienone is 1. The van der Waals surface area contributed by atoms with E-state index >= 15 is 0 Å². The van der Waals surface area contributed by atoms with Gasteiger partial charge in [-0.15, -0.1) is 6.58 Å². The molecule has 0 atom stereocenters. The summed E-state index contributed by atoms with van der Waals surface area (Å²) in [6.07, 6.45) is 2.99. The largest absolute Gasteiger partial charge is 0.383 e. The quantitative estimate of drug-likeness (QED) is 0.593. The molecule has 2 aromatic rings. The van der Waals surface area contributed by atoms with Crippen molar-refractivity contribution in [1.82, 2.24) is 9.88 Å². The van der Waals surface area contributed by atoms with Crippen molar-refractivity contribution in [3.8, 4) is 0 Å². The second-order valence-electron chi connectivity index (χ2n) is 5.46. The summed E-state index contributed by atoms with van der Waals surface area (Å²) in [5.74, 6) is 0. The highest BCUT2D eigenvalue weighted by molar-refractivity contribution is 5.86. The molecule has 1 aromatic heterocycles. The number of nitrogens with one attached hydrogen (secondary N) is 1. The predicted octanol–water partition coefficient (Wildman–Crippen LogP) is 3.57. The summed E-state index contributed by atoms with van der Waals surface area (Å²) in [7, 11) is 1.73. The van der Waals surface area contributed by atoms with Gasteiger partial charge in [-0.2, -0.15) is 0 Å². The van der Waals surface area contributed by atoms with Gasteiger partial charge >= 0.3 is 0 Å². The fraction of sp³-hybridized carbons (Fsp3) is 0.444. The number of aromatic nitrogens is 1. The zero-order valence-electron chi connectivity index (χ0n) is 13.4. The molecule has 0 saturated heterocycles. The monoisotopic (exact) mass is 286 g/mol. The van der Waals surface area contributed by atoms with E-state index in [1.807, 2.05) is 6.08 Å². The van der Waals surface area contributed by atoms with Crippen LogP contribution in [-0.4, -0.2) is 24.8 Å². The molecule has 114 valence electrons. The number of fused-ring (bicyclic) bond motifs is 1. The lowest BCUT2D eigenvalue weighted by molar-refractivity contribution is 0.199. The SMILES string of the molecule is C=CCCn1c(C)c(C)c2cc(CNCCOC)ccc21. The zero-order valence-corrected chi connectivity index (χ0v) is 13.4. The third-order valence-corrected chi connectivity index (χ3v) is 4.07. The zero-order chi connectivity index (χ0) is 15.2. The van der Waals surface area contributed by atoms with Crippen LogP contribution in [0, 0.1) is 13.8 Å². The number of nitrogens with zero attached hydrogens (tertiary/aromatic N) is 1. The van der Waals surface area contributed by atoms with Gasteiger partial charge in [-0.25, -0.2) is 0 Å². The predicted molar refractivity (Wildman–Crippen MR) is 89.8 cm³/mol. The van der Waals surface area contributed by atoms with E-state index < -0.39 is 0 Å². The van der Waals surface area contributed by atoms with Crippen LogP contribution in [0.5, 0.6) is 0 Å². The Labute approximate surface area is 127 Å². The lowest BCUT2D eigenvalue weighted by atomic mass is 10.1. The maximum atomic E-state index is 5.05. The van der Waals surface area contributed by atoms with Crippen LogP contribution in [0.15, 0.2) is 30.9 Å². The Morgan fingerprint density at radius 3 is 2.86 bits per heavy atom. The molecule has 0 aliphatic heterocycles. The summed E-state index contributed by atoms with van der Waals surface area (Å²) in [5.41, 5.74) is 5.39. The highest BCUT2D eigenvalue weighted by atomic mass is 16.5. The minimum absolute atomic E-state index is 0.748. The van der Waals surface area contributed by atoms with Gasteiger partial charge in [0.1, 0.15) is 0 Å². The lowest BCUT2D eigenvalue weighted by Crippen LogP contribution is -2.18. The number of benzene rings is 1. The molecule has 0 saturated carbocycles. The average molecular weight is 286 g/mol. The molecule has 1 N–H and O–H groups in total. The molecule has 0 unspecified atom stereocenters. The van der Waals surface area contributed by atoms with Gasteiger partial charge < -0.3 is 14.6 Å². The molecule has 0 bridgehead atoms. The molecule has 0 radical (unpaired) electrons. The first-order chi connectivity index (χ1) is 10.2. The Hall–Kier alpha value is -1.58. The van der Waals surface area contributed by atoms with Gasteiger partial charge in [-0.3, -0.25) is 0 Å². The first-order valence-electron chi connectivity index (χ1n) is 7.58. The Balaban J connectivity index is 2.22. The normalized spacial score (nSPS) is 11.2. The van der Waals surface area contributed by atoms with Crippen LogP contribution in [0.1, 0.15) is 23.2 Å². The highest BCUT2D eigenvalue weighted by Crippen LogP contribution is 2.26. The van der Waals surface area contributed by atoms with Gasteiger partial charge in [0.2, 0.25) is 0 Å². The molecule has 0 fully saturated rings. The number of hydrogen-bond donors (Lipinski definition) is 1. The van der Waals surface area contributed by atoms with Crippen LogP contribution >= 0.6 is 0 Å². The molecule has 21 heavy (non-hydrogen) atoms. The molecule has 1 heterocycles. The van der Waals surface area contributed by atoms with Crippen LogP contribution < -0.4 is 5.32 Å². The average Bonchev–Trinajstić information content (AvgIpc) is 2.73. The minimum atomic E-state index is 0.748. The summed E-state index contributed by atoms with van der Waals surface area (Å²) >= 11 is 0. The van der Waals surface area contributed by atoms with Crippen molar-refractivity contribution in [2.45, 2.75) is 33.4 Å². The van der Waals surface area contributed by atoms with Crippen molar-refractivity contribution >= 4 is 10.9 Å². The first kappa shape index (κ1) is 15.8. The molecule has 0 aliphatic carbocycles. The minimum Gasteiger partial charge on any atom is -0.383 e. The van der Waals surface area contributed by atoms with Crippen LogP contribution in [0.4, 0.5) is 0 Å². The maximum Gasteiger partial charge on any atom is 0.0587 e. The van der Waals surface area contributed by atoms with E-state index in [1.165, 1.54) is 27.7 Å². The summed E-state index contributed by atoms with van der Waals surface area (Å²) in [4.78, 5) is 0. The van der Waals surface area contributed by atoms with E-state index in [-0.39, 0.29) is 0 Å². The Morgan fingerprint density at radius 1 is 1.33 bits per heavy atom. The summed E-state index contributed by atoms with van der Waals surface area (Å²) < 4.78 is 7.45. The van der Waals surface area contributed by atoms with E-state index in [1.54, 1.807) is 7.11 Å². The molecule has 1 aromatic carbocycles. The van der Waals surface area contributed by atoms with E-state index in [9.17, 15) is 0 Å². The Morgan fingerprint density at radius 2 is 2.14 bits per heavy atom.